The predicted molar refractivity (Wildman–Crippen MR) is 84.3 cm³/mol. The maximum absolute atomic E-state index is 12.2. The minimum absolute atomic E-state index is 0.0861. The molecular weight excluding hydrogens is 288 g/mol. The molecule has 1 aromatic carbocycles. The predicted octanol–water partition coefficient (Wildman–Crippen LogP) is 3.09. The fourth-order valence-corrected chi connectivity index (χ4v) is 2.67. The summed E-state index contributed by atoms with van der Waals surface area (Å²) in [5, 5.41) is 3.50. The molecule has 5 heteroatoms. The van der Waals surface area contributed by atoms with E-state index in [0.29, 0.717) is 30.2 Å². The van der Waals surface area contributed by atoms with E-state index in [1.807, 2.05) is 26.8 Å². The first-order chi connectivity index (χ1) is 9.99. The van der Waals surface area contributed by atoms with Crippen molar-refractivity contribution >= 4 is 29.1 Å². The summed E-state index contributed by atoms with van der Waals surface area (Å²) in [6, 6.07) is 5.41. The fraction of sp³-hybridized carbons (Fsp3) is 0.500. The minimum atomic E-state index is -0.212. The van der Waals surface area contributed by atoms with Crippen molar-refractivity contribution in [2.45, 2.75) is 27.2 Å². The maximum atomic E-state index is 12.2. The number of amides is 2. The number of hydrogen-bond donors (Lipinski definition) is 1. The molecule has 1 N–H and O–H groups in total. The van der Waals surface area contributed by atoms with Gasteiger partial charge in [0.05, 0.1) is 11.8 Å². The van der Waals surface area contributed by atoms with Crippen molar-refractivity contribution in [3.05, 3.63) is 28.8 Å². The highest BCUT2D eigenvalue weighted by Gasteiger charge is 2.49. The summed E-state index contributed by atoms with van der Waals surface area (Å²) < 4.78 is 0. The molecule has 0 bridgehead atoms. The molecule has 2 atom stereocenters. The zero-order valence-corrected chi connectivity index (χ0v) is 13.4. The van der Waals surface area contributed by atoms with Gasteiger partial charge in [-0.05, 0) is 44.9 Å². The van der Waals surface area contributed by atoms with Gasteiger partial charge in [-0.3, -0.25) is 9.59 Å². The number of nitrogens with one attached hydrogen (secondary N) is 1. The van der Waals surface area contributed by atoms with E-state index in [-0.39, 0.29) is 23.7 Å². The van der Waals surface area contributed by atoms with Crippen molar-refractivity contribution in [3.8, 4) is 0 Å². The third-order valence-electron chi connectivity index (χ3n) is 4.05. The summed E-state index contributed by atoms with van der Waals surface area (Å²) in [5.41, 5.74) is 1.56. The Bertz CT molecular complexity index is 555. The molecule has 0 aromatic heterocycles. The number of nitrogens with zero attached hydrogens (tertiary/aromatic N) is 1. The molecule has 21 heavy (non-hydrogen) atoms. The number of hydrogen-bond acceptors (Lipinski definition) is 2. The van der Waals surface area contributed by atoms with Crippen molar-refractivity contribution in [2.75, 3.05) is 18.4 Å². The number of anilines is 1. The molecule has 0 spiro atoms. The van der Waals surface area contributed by atoms with E-state index in [9.17, 15) is 9.59 Å². The van der Waals surface area contributed by atoms with Gasteiger partial charge in [0.25, 0.3) is 0 Å². The lowest BCUT2D eigenvalue weighted by Crippen LogP contribution is -2.33. The smallest absolute Gasteiger partial charge is 0.228 e. The van der Waals surface area contributed by atoms with Crippen molar-refractivity contribution in [2.24, 2.45) is 11.8 Å². The standard InChI is InChI=1S/C16H21ClN2O2/c1-4-19(5-2)16(21)12-9-11(12)15(20)18-14-8-6-7-13(17)10(14)3/h6-8,11-12H,4-5,9H2,1-3H3,(H,18,20). The highest BCUT2D eigenvalue weighted by molar-refractivity contribution is 6.31. The first-order valence-electron chi connectivity index (χ1n) is 7.34. The number of carbonyl (C=O) groups is 2. The van der Waals surface area contributed by atoms with E-state index >= 15 is 0 Å². The van der Waals surface area contributed by atoms with Gasteiger partial charge in [0, 0.05) is 23.8 Å². The Morgan fingerprint density at radius 3 is 2.57 bits per heavy atom. The van der Waals surface area contributed by atoms with Gasteiger partial charge < -0.3 is 10.2 Å². The molecule has 0 saturated heterocycles. The van der Waals surface area contributed by atoms with E-state index in [1.165, 1.54) is 0 Å². The van der Waals surface area contributed by atoms with Gasteiger partial charge in [0.1, 0.15) is 0 Å². The number of halogens is 1. The summed E-state index contributed by atoms with van der Waals surface area (Å²) in [5.74, 6) is -0.380. The van der Waals surface area contributed by atoms with Gasteiger partial charge in [-0.25, -0.2) is 0 Å². The first kappa shape index (κ1) is 15.8. The van der Waals surface area contributed by atoms with Crippen LogP contribution in [0.1, 0.15) is 25.8 Å². The van der Waals surface area contributed by atoms with Crippen LogP contribution in [0.3, 0.4) is 0 Å². The van der Waals surface area contributed by atoms with Gasteiger partial charge in [0.15, 0.2) is 0 Å². The number of rotatable bonds is 5. The van der Waals surface area contributed by atoms with Crippen LogP contribution >= 0.6 is 11.6 Å². The molecule has 0 heterocycles. The van der Waals surface area contributed by atoms with Crippen LogP contribution in [0.2, 0.25) is 5.02 Å². The molecular formula is C16H21ClN2O2. The molecule has 114 valence electrons. The zero-order valence-electron chi connectivity index (χ0n) is 12.6. The third kappa shape index (κ3) is 3.38. The van der Waals surface area contributed by atoms with Gasteiger partial charge in [0.2, 0.25) is 11.8 Å². The summed E-state index contributed by atoms with van der Waals surface area (Å²) in [6.45, 7) is 7.15. The highest BCUT2D eigenvalue weighted by atomic mass is 35.5. The van der Waals surface area contributed by atoms with Crippen LogP contribution in [0, 0.1) is 18.8 Å². The number of carbonyl (C=O) groups excluding carboxylic acids is 2. The Kier molecular flexibility index (Phi) is 4.88. The highest BCUT2D eigenvalue weighted by Crippen LogP contribution is 2.41. The van der Waals surface area contributed by atoms with Crippen LogP contribution in [0.25, 0.3) is 0 Å². The molecule has 0 aliphatic heterocycles. The van der Waals surface area contributed by atoms with Crippen LogP contribution < -0.4 is 5.32 Å². The molecule has 1 saturated carbocycles. The third-order valence-corrected chi connectivity index (χ3v) is 4.45. The SMILES string of the molecule is CCN(CC)C(=O)C1CC1C(=O)Nc1cccc(Cl)c1C. The summed E-state index contributed by atoms with van der Waals surface area (Å²) in [4.78, 5) is 26.2. The summed E-state index contributed by atoms with van der Waals surface area (Å²) in [6.07, 6.45) is 0.640. The van der Waals surface area contributed by atoms with Crippen LogP contribution in [0.4, 0.5) is 5.69 Å². The van der Waals surface area contributed by atoms with Crippen LogP contribution in [0.15, 0.2) is 18.2 Å². The Morgan fingerprint density at radius 1 is 1.29 bits per heavy atom. The molecule has 1 aliphatic carbocycles. The lowest BCUT2D eigenvalue weighted by atomic mass is 10.2. The Labute approximate surface area is 130 Å². The Hall–Kier alpha value is -1.55. The van der Waals surface area contributed by atoms with Crippen LogP contribution in [-0.2, 0) is 9.59 Å². The normalized spacial score (nSPS) is 20.0. The van der Waals surface area contributed by atoms with Gasteiger partial charge in [-0.15, -0.1) is 0 Å². The Balaban J connectivity index is 1.98. The fourth-order valence-electron chi connectivity index (χ4n) is 2.50. The quantitative estimate of drug-likeness (QED) is 0.908. The van der Waals surface area contributed by atoms with Gasteiger partial charge in [-0.1, -0.05) is 17.7 Å². The van der Waals surface area contributed by atoms with E-state index in [1.54, 1.807) is 17.0 Å². The van der Waals surface area contributed by atoms with E-state index in [2.05, 4.69) is 5.32 Å². The molecule has 2 amide bonds. The molecule has 1 aliphatic rings. The zero-order chi connectivity index (χ0) is 15.6. The van der Waals surface area contributed by atoms with Crippen molar-refractivity contribution in [1.29, 1.82) is 0 Å². The average Bonchev–Trinajstić information content (AvgIpc) is 3.25. The molecule has 1 fully saturated rings. The second-order valence-electron chi connectivity index (χ2n) is 5.36. The number of benzene rings is 1. The maximum Gasteiger partial charge on any atom is 0.228 e. The molecule has 4 nitrogen and oxygen atoms in total. The molecule has 2 rings (SSSR count). The topological polar surface area (TPSA) is 49.4 Å². The van der Waals surface area contributed by atoms with Gasteiger partial charge >= 0.3 is 0 Å². The van der Waals surface area contributed by atoms with Crippen LogP contribution in [-0.4, -0.2) is 29.8 Å². The summed E-state index contributed by atoms with van der Waals surface area (Å²) >= 11 is 6.04. The lowest BCUT2D eigenvalue weighted by Gasteiger charge is -2.18. The minimum Gasteiger partial charge on any atom is -0.343 e. The van der Waals surface area contributed by atoms with Gasteiger partial charge in [-0.2, -0.15) is 0 Å². The first-order valence-corrected chi connectivity index (χ1v) is 7.72. The van der Waals surface area contributed by atoms with Crippen molar-refractivity contribution in [1.82, 2.24) is 4.90 Å². The average molecular weight is 309 g/mol. The Morgan fingerprint density at radius 2 is 1.95 bits per heavy atom. The monoisotopic (exact) mass is 308 g/mol. The van der Waals surface area contributed by atoms with E-state index < -0.39 is 0 Å². The van der Waals surface area contributed by atoms with E-state index in [4.69, 9.17) is 11.6 Å². The second-order valence-corrected chi connectivity index (χ2v) is 5.77. The second kappa shape index (κ2) is 6.48. The van der Waals surface area contributed by atoms with E-state index in [0.717, 1.165) is 5.56 Å². The molecule has 1 aromatic rings. The van der Waals surface area contributed by atoms with Crippen molar-refractivity contribution in [3.63, 3.8) is 0 Å². The lowest BCUT2D eigenvalue weighted by molar-refractivity contribution is -0.133. The molecule has 2 unspecified atom stereocenters. The molecule has 0 radical (unpaired) electrons. The largest absolute Gasteiger partial charge is 0.343 e. The summed E-state index contributed by atoms with van der Waals surface area (Å²) in [7, 11) is 0. The van der Waals surface area contributed by atoms with Crippen molar-refractivity contribution < 1.29 is 9.59 Å². The van der Waals surface area contributed by atoms with Crippen LogP contribution in [0.5, 0.6) is 0 Å².